The smallest absolute Gasteiger partial charge is 0.360 e. The van der Waals surface area contributed by atoms with Gasteiger partial charge >= 0.3 is 6.18 Å². The molecule has 5 rings (SSSR count). The number of anilines is 1. The summed E-state index contributed by atoms with van der Waals surface area (Å²) >= 11 is 1.28. The molecule has 0 fully saturated rings. The Morgan fingerprint density at radius 2 is 1.74 bits per heavy atom. The van der Waals surface area contributed by atoms with Crippen molar-refractivity contribution in [3.63, 3.8) is 0 Å². The van der Waals surface area contributed by atoms with Gasteiger partial charge in [0.1, 0.15) is 0 Å². The van der Waals surface area contributed by atoms with Crippen LogP contribution in [0.2, 0.25) is 0 Å². The van der Waals surface area contributed by atoms with Gasteiger partial charge in [-0.05, 0) is 59.3 Å². The van der Waals surface area contributed by atoms with E-state index in [0.717, 1.165) is 34.5 Å². The first-order valence-corrected chi connectivity index (χ1v) is 12.5. The number of pyridine rings is 1. The Hall–Kier alpha value is -3.89. The molecular formula is C28H21F5N4S. The summed E-state index contributed by atoms with van der Waals surface area (Å²) in [6, 6.07) is 16.0. The molecule has 0 aliphatic heterocycles. The third-order valence-corrected chi connectivity index (χ3v) is 7.09. The molecule has 1 atom stereocenters. The van der Waals surface area contributed by atoms with E-state index in [4.69, 9.17) is 5.73 Å². The Kier molecular flexibility index (Phi) is 7.09. The van der Waals surface area contributed by atoms with Gasteiger partial charge in [-0.1, -0.05) is 41.7 Å². The molecule has 0 amide bonds. The molecule has 0 saturated carbocycles. The number of alkyl halides is 3. The Morgan fingerprint density at radius 3 is 2.50 bits per heavy atom. The van der Waals surface area contributed by atoms with Gasteiger partial charge in [0, 0.05) is 35.9 Å². The second-order valence-electron chi connectivity index (χ2n) is 8.78. The molecule has 194 valence electrons. The van der Waals surface area contributed by atoms with Crippen LogP contribution in [0.1, 0.15) is 11.1 Å². The van der Waals surface area contributed by atoms with Crippen LogP contribution in [0.4, 0.5) is 27.1 Å². The van der Waals surface area contributed by atoms with Crippen molar-refractivity contribution in [2.75, 3.05) is 11.9 Å². The predicted octanol–water partition coefficient (Wildman–Crippen LogP) is 7.30. The zero-order chi connectivity index (χ0) is 26.9. The molecule has 38 heavy (non-hydrogen) atoms. The molecule has 2 aromatic heterocycles. The summed E-state index contributed by atoms with van der Waals surface area (Å²) in [5.41, 5.74) is 7.28. The molecular weight excluding hydrogens is 519 g/mol. The predicted molar refractivity (Wildman–Crippen MR) is 140 cm³/mol. The Bertz CT molecular complexity index is 1580. The average molecular weight is 541 g/mol. The molecule has 2 heterocycles. The monoisotopic (exact) mass is 540 g/mol. The Morgan fingerprint density at radius 1 is 0.947 bits per heavy atom. The molecule has 0 radical (unpaired) electrons. The van der Waals surface area contributed by atoms with Gasteiger partial charge in [0.15, 0.2) is 16.8 Å². The van der Waals surface area contributed by atoms with Gasteiger partial charge in [0.05, 0.1) is 16.1 Å². The molecule has 10 heteroatoms. The van der Waals surface area contributed by atoms with Gasteiger partial charge < -0.3 is 11.1 Å². The number of hydrogen-bond acceptors (Lipinski definition) is 5. The van der Waals surface area contributed by atoms with Gasteiger partial charge in [0.2, 0.25) is 0 Å². The fourth-order valence-corrected chi connectivity index (χ4v) is 5.09. The number of fused-ring (bicyclic) bond motifs is 1. The number of halogens is 5. The minimum atomic E-state index is -4.40. The van der Waals surface area contributed by atoms with E-state index in [0.29, 0.717) is 27.7 Å². The summed E-state index contributed by atoms with van der Waals surface area (Å²) in [6.07, 6.45) is -0.639. The molecule has 3 aromatic carbocycles. The van der Waals surface area contributed by atoms with E-state index in [-0.39, 0.29) is 12.1 Å². The normalized spacial score (nSPS) is 12.6. The van der Waals surface area contributed by atoms with Crippen LogP contribution in [0.5, 0.6) is 0 Å². The van der Waals surface area contributed by atoms with Gasteiger partial charge in [-0.15, -0.1) is 0 Å². The second kappa shape index (κ2) is 10.5. The standard InChI is InChI=1S/C28H21F5N4S/c29-23-3-1-2-22(24(23)30)25-26(18-6-7-19-14-35-11-10-17(19)13-18)38-27(37-25)36-15-21(34)12-16-4-8-20(9-5-16)28(31,32)33/h1-11,13-14,21H,12,15,34H2,(H,36,37). The Balaban J connectivity index is 1.40. The van der Waals surface area contributed by atoms with Crippen molar-refractivity contribution in [3.05, 3.63) is 102 Å². The van der Waals surface area contributed by atoms with Crippen molar-refractivity contribution in [3.8, 4) is 21.7 Å². The van der Waals surface area contributed by atoms with Crippen molar-refractivity contribution in [2.24, 2.45) is 5.73 Å². The van der Waals surface area contributed by atoms with Crippen LogP contribution in [0.25, 0.3) is 32.5 Å². The van der Waals surface area contributed by atoms with Gasteiger partial charge in [-0.3, -0.25) is 4.98 Å². The highest BCUT2D eigenvalue weighted by Crippen LogP contribution is 2.41. The van der Waals surface area contributed by atoms with E-state index in [9.17, 15) is 22.0 Å². The highest BCUT2D eigenvalue weighted by Gasteiger charge is 2.30. The average Bonchev–Trinajstić information content (AvgIpc) is 3.33. The molecule has 0 spiro atoms. The third-order valence-electron chi connectivity index (χ3n) is 6.03. The van der Waals surface area contributed by atoms with E-state index in [1.807, 2.05) is 24.3 Å². The third kappa shape index (κ3) is 5.51. The fraction of sp³-hybridized carbons (Fsp3) is 0.143. The van der Waals surface area contributed by atoms with Crippen LogP contribution in [0, 0.1) is 11.6 Å². The summed E-state index contributed by atoms with van der Waals surface area (Å²) in [4.78, 5) is 9.33. The van der Waals surface area contributed by atoms with Crippen LogP contribution in [0.3, 0.4) is 0 Å². The molecule has 4 nitrogen and oxygen atoms in total. The molecule has 0 bridgehead atoms. The lowest BCUT2D eigenvalue weighted by molar-refractivity contribution is -0.137. The van der Waals surface area contributed by atoms with E-state index in [1.165, 1.54) is 35.6 Å². The van der Waals surface area contributed by atoms with Crippen molar-refractivity contribution < 1.29 is 22.0 Å². The largest absolute Gasteiger partial charge is 0.416 e. The van der Waals surface area contributed by atoms with Crippen LogP contribution < -0.4 is 11.1 Å². The number of benzene rings is 3. The minimum absolute atomic E-state index is 0.0354. The number of rotatable bonds is 7. The van der Waals surface area contributed by atoms with Crippen molar-refractivity contribution in [1.29, 1.82) is 0 Å². The molecule has 0 saturated heterocycles. The Labute approximate surface area is 219 Å². The maximum absolute atomic E-state index is 14.8. The molecule has 3 N–H and O–H groups in total. The van der Waals surface area contributed by atoms with Crippen molar-refractivity contribution in [2.45, 2.75) is 18.6 Å². The quantitative estimate of drug-likeness (QED) is 0.213. The van der Waals surface area contributed by atoms with Crippen LogP contribution in [-0.4, -0.2) is 22.6 Å². The highest BCUT2D eigenvalue weighted by molar-refractivity contribution is 7.19. The highest BCUT2D eigenvalue weighted by atomic mass is 32.1. The van der Waals surface area contributed by atoms with Crippen molar-refractivity contribution >= 4 is 27.2 Å². The van der Waals surface area contributed by atoms with Crippen LogP contribution in [0.15, 0.2) is 79.1 Å². The van der Waals surface area contributed by atoms with Crippen LogP contribution in [-0.2, 0) is 12.6 Å². The number of nitrogens with zero attached hydrogens (tertiary/aromatic N) is 2. The lowest BCUT2D eigenvalue weighted by Gasteiger charge is -2.13. The van der Waals surface area contributed by atoms with E-state index in [2.05, 4.69) is 15.3 Å². The zero-order valence-electron chi connectivity index (χ0n) is 19.8. The zero-order valence-corrected chi connectivity index (χ0v) is 20.6. The summed E-state index contributed by atoms with van der Waals surface area (Å²) in [5, 5.41) is 5.47. The maximum atomic E-state index is 14.8. The van der Waals surface area contributed by atoms with E-state index in [1.54, 1.807) is 12.4 Å². The number of thiazole rings is 1. The maximum Gasteiger partial charge on any atom is 0.416 e. The van der Waals surface area contributed by atoms with E-state index >= 15 is 0 Å². The summed E-state index contributed by atoms with van der Waals surface area (Å²) < 4.78 is 67.3. The minimum Gasteiger partial charge on any atom is -0.360 e. The van der Waals surface area contributed by atoms with Gasteiger partial charge in [-0.2, -0.15) is 13.2 Å². The first kappa shape index (κ1) is 25.7. The van der Waals surface area contributed by atoms with Gasteiger partial charge in [-0.25, -0.2) is 13.8 Å². The number of nitrogens with one attached hydrogen (secondary N) is 1. The van der Waals surface area contributed by atoms with Crippen molar-refractivity contribution in [1.82, 2.24) is 9.97 Å². The molecule has 1 unspecified atom stereocenters. The summed E-state index contributed by atoms with van der Waals surface area (Å²) in [5.74, 6) is -1.96. The van der Waals surface area contributed by atoms with Gasteiger partial charge in [0.25, 0.3) is 0 Å². The lowest BCUT2D eigenvalue weighted by Crippen LogP contribution is -2.31. The first-order chi connectivity index (χ1) is 18.2. The fourth-order valence-electron chi connectivity index (χ4n) is 4.11. The van der Waals surface area contributed by atoms with E-state index < -0.39 is 29.4 Å². The SMILES string of the molecule is NC(CNc1nc(-c2cccc(F)c2F)c(-c2ccc3cnccc3c2)s1)Cc1ccc(C(F)(F)F)cc1. The second-order valence-corrected chi connectivity index (χ2v) is 9.77. The summed E-state index contributed by atoms with van der Waals surface area (Å²) in [7, 11) is 0. The number of aromatic nitrogens is 2. The first-order valence-electron chi connectivity index (χ1n) is 11.6. The summed E-state index contributed by atoms with van der Waals surface area (Å²) in [6.45, 7) is 0.266. The lowest BCUT2D eigenvalue weighted by atomic mass is 10.0. The molecule has 0 aliphatic carbocycles. The van der Waals surface area contributed by atoms with Crippen LogP contribution >= 0.6 is 11.3 Å². The number of nitrogens with two attached hydrogens (primary N) is 1. The molecule has 5 aromatic rings. The topological polar surface area (TPSA) is 63.8 Å². The molecule has 0 aliphatic rings. The number of hydrogen-bond donors (Lipinski definition) is 2.